The Labute approximate surface area is 229 Å². The number of fused-ring (bicyclic) bond motifs is 1. The highest BCUT2D eigenvalue weighted by atomic mass is 16.2. The second-order valence-corrected chi connectivity index (χ2v) is 10.7. The zero-order valence-corrected chi connectivity index (χ0v) is 22.9. The van der Waals surface area contributed by atoms with Crippen LogP contribution in [0.25, 0.3) is 22.3 Å². The molecule has 2 unspecified atom stereocenters. The van der Waals surface area contributed by atoms with Gasteiger partial charge < -0.3 is 15.1 Å². The molecule has 1 aromatic carbocycles. The van der Waals surface area contributed by atoms with E-state index in [0.717, 1.165) is 40.1 Å². The van der Waals surface area contributed by atoms with Crippen LogP contribution in [-0.4, -0.2) is 61.7 Å². The zero-order valence-electron chi connectivity index (χ0n) is 22.9. The van der Waals surface area contributed by atoms with Gasteiger partial charge in [0.15, 0.2) is 5.82 Å². The topological polar surface area (TPSA) is 92.1 Å². The van der Waals surface area contributed by atoms with Crippen LogP contribution in [0.1, 0.15) is 57.7 Å². The van der Waals surface area contributed by atoms with Crippen LogP contribution in [0.3, 0.4) is 0 Å². The van der Waals surface area contributed by atoms with Crippen LogP contribution in [0.4, 0.5) is 11.8 Å². The van der Waals surface area contributed by atoms with E-state index in [1.165, 1.54) is 12.8 Å². The van der Waals surface area contributed by atoms with E-state index >= 15 is 0 Å². The summed E-state index contributed by atoms with van der Waals surface area (Å²) in [5.41, 5.74) is 5.03. The first-order valence-electron chi connectivity index (χ1n) is 14.1. The fourth-order valence-electron chi connectivity index (χ4n) is 5.34. The summed E-state index contributed by atoms with van der Waals surface area (Å²) in [7, 11) is 0. The molecular formula is C30H36N8O. The van der Waals surface area contributed by atoms with Gasteiger partial charge in [-0.15, -0.1) is 0 Å². The van der Waals surface area contributed by atoms with Gasteiger partial charge in [-0.3, -0.25) is 14.5 Å². The SMILES string of the molecule is CCC(C)n1ncc2nc(N3CCN(C(C)=O)CC3)nc(NC(c3ccc(-c4ccccc4)nc3)C3CC3)c21. The van der Waals surface area contributed by atoms with Crippen molar-refractivity contribution in [1.82, 2.24) is 29.6 Å². The molecule has 1 N–H and O–H groups in total. The Kier molecular flexibility index (Phi) is 6.89. The van der Waals surface area contributed by atoms with Crippen LogP contribution in [0.2, 0.25) is 0 Å². The average molecular weight is 525 g/mol. The number of piperazine rings is 1. The largest absolute Gasteiger partial charge is 0.361 e. The third kappa shape index (κ3) is 5.17. The van der Waals surface area contributed by atoms with Gasteiger partial charge in [0.1, 0.15) is 11.0 Å². The van der Waals surface area contributed by atoms with Gasteiger partial charge in [0, 0.05) is 50.9 Å². The van der Waals surface area contributed by atoms with E-state index in [4.69, 9.17) is 20.1 Å². The van der Waals surface area contributed by atoms with Gasteiger partial charge in [-0.2, -0.15) is 10.1 Å². The van der Waals surface area contributed by atoms with E-state index in [9.17, 15) is 4.79 Å². The third-order valence-corrected chi connectivity index (χ3v) is 8.05. The van der Waals surface area contributed by atoms with Gasteiger partial charge in [-0.1, -0.05) is 43.3 Å². The fourth-order valence-corrected chi connectivity index (χ4v) is 5.34. The summed E-state index contributed by atoms with van der Waals surface area (Å²) >= 11 is 0. The molecule has 1 amide bonds. The minimum Gasteiger partial charge on any atom is -0.361 e. The van der Waals surface area contributed by atoms with Crippen molar-refractivity contribution >= 4 is 28.7 Å². The number of rotatable bonds is 8. The Bertz CT molecular complexity index is 1440. The first-order valence-corrected chi connectivity index (χ1v) is 14.1. The number of carbonyl (C=O) groups is 1. The monoisotopic (exact) mass is 524 g/mol. The lowest BCUT2D eigenvalue weighted by Gasteiger charge is -2.34. The number of hydrogen-bond acceptors (Lipinski definition) is 7. The molecule has 0 bridgehead atoms. The molecule has 6 rings (SSSR count). The lowest BCUT2D eigenvalue weighted by molar-refractivity contribution is -0.129. The fraction of sp³-hybridized carbons (Fsp3) is 0.433. The summed E-state index contributed by atoms with van der Waals surface area (Å²) in [5, 5.41) is 8.55. The lowest BCUT2D eigenvalue weighted by atomic mass is 10.0. The molecule has 1 saturated carbocycles. The molecule has 2 aliphatic rings. The summed E-state index contributed by atoms with van der Waals surface area (Å²) in [5.74, 6) is 2.14. The Balaban J connectivity index is 1.35. The maximum atomic E-state index is 11.8. The van der Waals surface area contributed by atoms with Crippen molar-refractivity contribution in [2.24, 2.45) is 5.92 Å². The van der Waals surface area contributed by atoms with Gasteiger partial charge in [-0.05, 0) is 43.7 Å². The van der Waals surface area contributed by atoms with Gasteiger partial charge in [0.2, 0.25) is 11.9 Å². The number of carbonyl (C=O) groups excluding carboxylic acids is 1. The molecular weight excluding hydrogens is 488 g/mol. The van der Waals surface area contributed by atoms with E-state index < -0.39 is 0 Å². The smallest absolute Gasteiger partial charge is 0.228 e. The first kappa shape index (κ1) is 25.3. The van der Waals surface area contributed by atoms with E-state index in [1.54, 1.807) is 6.92 Å². The zero-order chi connectivity index (χ0) is 26.9. The molecule has 3 aromatic heterocycles. The van der Waals surface area contributed by atoms with E-state index in [1.807, 2.05) is 35.5 Å². The number of nitrogens with one attached hydrogen (secondary N) is 1. The number of nitrogens with zero attached hydrogens (tertiary/aromatic N) is 7. The van der Waals surface area contributed by atoms with Crippen LogP contribution in [-0.2, 0) is 4.79 Å². The number of amides is 1. The van der Waals surface area contributed by atoms with Crippen molar-refractivity contribution in [3.05, 3.63) is 60.4 Å². The normalized spacial score (nSPS) is 17.3. The van der Waals surface area contributed by atoms with Crippen molar-refractivity contribution in [3.63, 3.8) is 0 Å². The number of hydrogen-bond donors (Lipinski definition) is 1. The predicted molar refractivity (Wildman–Crippen MR) is 154 cm³/mol. The third-order valence-electron chi connectivity index (χ3n) is 8.05. The van der Waals surface area contributed by atoms with Crippen molar-refractivity contribution in [3.8, 4) is 11.3 Å². The Morgan fingerprint density at radius 1 is 1.03 bits per heavy atom. The van der Waals surface area contributed by atoms with Crippen molar-refractivity contribution < 1.29 is 4.79 Å². The molecule has 2 fully saturated rings. The highest BCUT2D eigenvalue weighted by molar-refractivity contribution is 5.87. The second-order valence-electron chi connectivity index (χ2n) is 10.7. The van der Waals surface area contributed by atoms with Crippen molar-refractivity contribution in [2.75, 3.05) is 36.4 Å². The minimum absolute atomic E-state index is 0.100. The van der Waals surface area contributed by atoms with Gasteiger partial charge in [0.25, 0.3) is 0 Å². The lowest BCUT2D eigenvalue weighted by Crippen LogP contribution is -2.48. The summed E-state index contributed by atoms with van der Waals surface area (Å²) in [6.45, 7) is 8.74. The quantitative estimate of drug-likeness (QED) is 0.343. The molecule has 2 atom stereocenters. The minimum atomic E-state index is 0.100. The van der Waals surface area contributed by atoms with Crippen LogP contribution >= 0.6 is 0 Å². The molecule has 1 aliphatic heterocycles. The highest BCUT2D eigenvalue weighted by Crippen LogP contribution is 2.43. The predicted octanol–water partition coefficient (Wildman–Crippen LogP) is 5.09. The Morgan fingerprint density at radius 2 is 1.79 bits per heavy atom. The van der Waals surface area contributed by atoms with Gasteiger partial charge in [0.05, 0.1) is 17.9 Å². The number of benzene rings is 1. The summed E-state index contributed by atoms with van der Waals surface area (Å²) < 4.78 is 2.05. The molecule has 9 nitrogen and oxygen atoms in total. The van der Waals surface area contributed by atoms with Crippen molar-refractivity contribution in [2.45, 2.75) is 52.1 Å². The van der Waals surface area contributed by atoms with E-state index in [-0.39, 0.29) is 18.0 Å². The van der Waals surface area contributed by atoms with E-state index in [2.05, 4.69) is 53.0 Å². The van der Waals surface area contributed by atoms with Crippen LogP contribution < -0.4 is 10.2 Å². The molecule has 9 heteroatoms. The summed E-state index contributed by atoms with van der Waals surface area (Å²) in [6, 6.07) is 14.9. The molecule has 4 aromatic rings. The molecule has 4 heterocycles. The van der Waals surface area contributed by atoms with Gasteiger partial charge in [-0.25, -0.2) is 4.98 Å². The molecule has 0 spiro atoms. The van der Waals surface area contributed by atoms with E-state index in [0.29, 0.717) is 38.0 Å². The van der Waals surface area contributed by atoms with Crippen LogP contribution in [0.5, 0.6) is 0 Å². The van der Waals surface area contributed by atoms with Gasteiger partial charge >= 0.3 is 0 Å². The molecule has 39 heavy (non-hydrogen) atoms. The van der Waals surface area contributed by atoms with Crippen LogP contribution in [0.15, 0.2) is 54.9 Å². The Hall–Kier alpha value is -4.01. The van der Waals surface area contributed by atoms with Crippen molar-refractivity contribution in [1.29, 1.82) is 0 Å². The second kappa shape index (κ2) is 10.6. The first-order chi connectivity index (χ1) is 19.0. The molecule has 1 aliphatic carbocycles. The molecule has 202 valence electrons. The maximum Gasteiger partial charge on any atom is 0.228 e. The number of aromatic nitrogens is 5. The standard InChI is InChI=1S/C30H36N8O/c1-4-20(2)38-28-26(19-32-38)33-30(37-16-14-36(15-17-37)21(3)39)35-29(28)34-27(23-10-11-23)24-12-13-25(31-18-24)22-8-6-5-7-9-22/h5-9,12-13,18-20,23,27H,4,10-11,14-17H2,1-3H3,(H,33,34,35). The summed E-state index contributed by atoms with van der Waals surface area (Å²) in [6.07, 6.45) is 7.17. The Morgan fingerprint density at radius 3 is 2.44 bits per heavy atom. The molecule has 1 saturated heterocycles. The number of pyridine rings is 1. The van der Waals surface area contributed by atoms with Crippen LogP contribution in [0, 0.1) is 5.92 Å². The maximum absolute atomic E-state index is 11.8. The highest BCUT2D eigenvalue weighted by Gasteiger charge is 2.34. The molecule has 0 radical (unpaired) electrons. The summed E-state index contributed by atoms with van der Waals surface area (Å²) in [4.78, 5) is 30.7. The average Bonchev–Trinajstić information content (AvgIpc) is 3.73. The number of anilines is 2.